The molecule has 1 aliphatic carbocycles. The molecule has 0 saturated heterocycles. The van der Waals surface area contributed by atoms with Crippen LogP contribution in [0.15, 0.2) is 0 Å². The van der Waals surface area contributed by atoms with E-state index in [1.807, 2.05) is 0 Å². The summed E-state index contributed by atoms with van der Waals surface area (Å²) in [5, 5.41) is 12.2. The van der Waals surface area contributed by atoms with Gasteiger partial charge in [-0.3, -0.25) is 0 Å². The molecule has 0 amide bonds. The lowest BCUT2D eigenvalue weighted by atomic mass is 10.1. The van der Waals surface area contributed by atoms with Crippen LogP contribution < -0.4 is 5.32 Å². The summed E-state index contributed by atoms with van der Waals surface area (Å²) in [5.74, 6) is 0.389. The smallest absolute Gasteiger partial charge is 0.0471 e. The first kappa shape index (κ1) is 8.02. The summed E-state index contributed by atoms with van der Waals surface area (Å²) in [6.45, 7) is 4.50. The van der Waals surface area contributed by atoms with Crippen LogP contribution in [-0.4, -0.2) is 23.8 Å². The lowest BCUT2D eigenvalue weighted by Crippen LogP contribution is -2.35. The van der Waals surface area contributed by atoms with E-state index in [0.717, 1.165) is 6.04 Å². The molecule has 1 aliphatic rings. The van der Waals surface area contributed by atoms with Crippen molar-refractivity contribution in [2.24, 2.45) is 5.92 Å². The molecule has 0 aromatic heterocycles. The Morgan fingerprint density at radius 2 is 2.10 bits per heavy atom. The van der Waals surface area contributed by atoms with Gasteiger partial charge in [0.25, 0.3) is 0 Å². The van der Waals surface area contributed by atoms with Crippen molar-refractivity contribution in [3.8, 4) is 0 Å². The van der Waals surface area contributed by atoms with Crippen molar-refractivity contribution in [1.82, 2.24) is 5.32 Å². The van der Waals surface area contributed by atoms with Crippen molar-refractivity contribution in [3.05, 3.63) is 0 Å². The summed E-state index contributed by atoms with van der Waals surface area (Å²) in [6.07, 6.45) is 2.64. The molecule has 0 bridgehead atoms. The Bertz CT molecular complexity index is 101. The van der Waals surface area contributed by atoms with Gasteiger partial charge in [-0.2, -0.15) is 0 Å². The zero-order chi connectivity index (χ0) is 7.56. The van der Waals surface area contributed by atoms with Gasteiger partial charge in [0.1, 0.15) is 0 Å². The van der Waals surface area contributed by atoms with Crippen molar-refractivity contribution in [2.75, 3.05) is 6.61 Å². The maximum Gasteiger partial charge on any atom is 0.0471 e. The second kappa shape index (κ2) is 3.35. The Labute approximate surface area is 62.6 Å². The molecule has 2 N–H and O–H groups in total. The van der Waals surface area contributed by atoms with Crippen LogP contribution in [0, 0.1) is 5.92 Å². The Kier molecular flexibility index (Phi) is 2.69. The second-order valence-electron chi connectivity index (χ2n) is 3.39. The molecule has 0 aliphatic heterocycles. The summed E-state index contributed by atoms with van der Waals surface area (Å²) < 4.78 is 0. The highest BCUT2D eigenvalue weighted by atomic mass is 16.3. The molecular formula is C8H17NO. The maximum atomic E-state index is 8.80. The minimum atomic E-state index is 0.293. The number of hydrogen-bond donors (Lipinski definition) is 2. The zero-order valence-corrected chi connectivity index (χ0v) is 6.80. The lowest BCUT2D eigenvalue weighted by Gasteiger charge is -2.18. The number of rotatable bonds is 4. The van der Waals surface area contributed by atoms with E-state index in [4.69, 9.17) is 5.11 Å². The van der Waals surface area contributed by atoms with Gasteiger partial charge in [0.05, 0.1) is 0 Å². The summed E-state index contributed by atoms with van der Waals surface area (Å²) in [4.78, 5) is 0. The normalized spacial score (nSPS) is 24.3. The first-order valence-corrected chi connectivity index (χ1v) is 4.11. The zero-order valence-electron chi connectivity index (χ0n) is 6.80. The van der Waals surface area contributed by atoms with Crippen LogP contribution in [0.4, 0.5) is 0 Å². The molecule has 60 valence electrons. The summed E-state index contributed by atoms with van der Waals surface area (Å²) in [7, 11) is 0. The molecule has 0 spiro atoms. The van der Waals surface area contributed by atoms with E-state index in [0.29, 0.717) is 18.6 Å². The van der Waals surface area contributed by atoms with Crippen LogP contribution >= 0.6 is 0 Å². The standard InChI is InChI=1S/C8H17NO/c1-6(5-10)7(2)9-8-3-4-8/h6-10H,3-5H2,1-2H3. The fraction of sp³-hybridized carbons (Fsp3) is 1.00. The van der Waals surface area contributed by atoms with Crippen LogP contribution in [0.25, 0.3) is 0 Å². The molecule has 0 heterocycles. The van der Waals surface area contributed by atoms with Crippen molar-refractivity contribution < 1.29 is 5.11 Å². The third-order valence-electron chi connectivity index (χ3n) is 2.22. The van der Waals surface area contributed by atoms with Crippen LogP contribution in [0.5, 0.6) is 0 Å². The van der Waals surface area contributed by atoms with Gasteiger partial charge >= 0.3 is 0 Å². The van der Waals surface area contributed by atoms with Crippen molar-refractivity contribution in [3.63, 3.8) is 0 Å². The van der Waals surface area contributed by atoms with E-state index < -0.39 is 0 Å². The van der Waals surface area contributed by atoms with Gasteiger partial charge in [-0.05, 0) is 25.7 Å². The SMILES string of the molecule is CC(CO)C(C)NC1CC1. The predicted molar refractivity (Wildman–Crippen MR) is 41.9 cm³/mol. The van der Waals surface area contributed by atoms with E-state index >= 15 is 0 Å². The van der Waals surface area contributed by atoms with E-state index in [2.05, 4.69) is 19.2 Å². The van der Waals surface area contributed by atoms with Gasteiger partial charge < -0.3 is 10.4 Å². The van der Waals surface area contributed by atoms with Crippen LogP contribution in [0.3, 0.4) is 0 Å². The molecule has 2 heteroatoms. The third kappa shape index (κ3) is 2.27. The molecule has 0 aromatic rings. The van der Waals surface area contributed by atoms with E-state index in [-0.39, 0.29) is 0 Å². The Balaban J connectivity index is 2.11. The Hall–Kier alpha value is -0.0800. The molecule has 0 radical (unpaired) electrons. The highest BCUT2D eigenvalue weighted by Crippen LogP contribution is 2.20. The minimum Gasteiger partial charge on any atom is -0.396 e. The fourth-order valence-electron chi connectivity index (χ4n) is 0.944. The minimum absolute atomic E-state index is 0.293. The van der Waals surface area contributed by atoms with Crippen LogP contribution in [0.2, 0.25) is 0 Å². The summed E-state index contributed by atoms with van der Waals surface area (Å²) >= 11 is 0. The Morgan fingerprint density at radius 3 is 2.50 bits per heavy atom. The lowest BCUT2D eigenvalue weighted by molar-refractivity contribution is 0.207. The van der Waals surface area contributed by atoms with Gasteiger partial charge in [-0.15, -0.1) is 0 Å². The van der Waals surface area contributed by atoms with Gasteiger partial charge in [0.2, 0.25) is 0 Å². The molecule has 0 aromatic carbocycles. The third-order valence-corrected chi connectivity index (χ3v) is 2.22. The van der Waals surface area contributed by atoms with E-state index in [1.165, 1.54) is 12.8 Å². The molecule has 10 heavy (non-hydrogen) atoms. The van der Waals surface area contributed by atoms with E-state index in [1.54, 1.807) is 0 Å². The van der Waals surface area contributed by atoms with Gasteiger partial charge in [0, 0.05) is 18.7 Å². The highest BCUT2D eigenvalue weighted by Gasteiger charge is 2.24. The number of aliphatic hydroxyl groups is 1. The predicted octanol–water partition coefficient (Wildman–Crippen LogP) is 0.755. The van der Waals surface area contributed by atoms with Crippen molar-refractivity contribution in [2.45, 2.75) is 38.8 Å². The maximum absolute atomic E-state index is 8.80. The molecule has 2 nitrogen and oxygen atoms in total. The molecule has 1 fully saturated rings. The number of nitrogens with one attached hydrogen (secondary N) is 1. The molecule has 1 rings (SSSR count). The molecular weight excluding hydrogens is 126 g/mol. The molecule has 2 atom stereocenters. The van der Waals surface area contributed by atoms with Gasteiger partial charge in [0.15, 0.2) is 0 Å². The largest absolute Gasteiger partial charge is 0.396 e. The van der Waals surface area contributed by atoms with Crippen molar-refractivity contribution >= 4 is 0 Å². The Morgan fingerprint density at radius 1 is 1.50 bits per heavy atom. The second-order valence-corrected chi connectivity index (χ2v) is 3.39. The first-order chi connectivity index (χ1) is 4.74. The number of hydrogen-bond acceptors (Lipinski definition) is 2. The summed E-state index contributed by atoms with van der Waals surface area (Å²) in [5.41, 5.74) is 0. The summed E-state index contributed by atoms with van der Waals surface area (Å²) in [6, 6.07) is 1.22. The van der Waals surface area contributed by atoms with Crippen molar-refractivity contribution in [1.29, 1.82) is 0 Å². The average molecular weight is 143 g/mol. The highest BCUT2D eigenvalue weighted by molar-refractivity contribution is 4.84. The monoisotopic (exact) mass is 143 g/mol. The fourth-order valence-corrected chi connectivity index (χ4v) is 0.944. The molecule has 1 saturated carbocycles. The quantitative estimate of drug-likeness (QED) is 0.609. The van der Waals surface area contributed by atoms with Crippen LogP contribution in [-0.2, 0) is 0 Å². The van der Waals surface area contributed by atoms with Gasteiger partial charge in [-0.1, -0.05) is 6.92 Å². The van der Waals surface area contributed by atoms with Crippen LogP contribution in [0.1, 0.15) is 26.7 Å². The topological polar surface area (TPSA) is 32.3 Å². The van der Waals surface area contributed by atoms with E-state index in [9.17, 15) is 0 Å². The first-order valence-electron chi connectivity index (χ1n) is 4.11. The van der Waals surface area contributed by atoms with Gasteiger partial charge in [-0.25, -0.2) is 0 Å². The average Bonchev–Trinajstić information content (AvgIpc) is 2.70. The number of aliphatic hydroxyl groups excluding tert-OH is 1. The molecule has 2 unspecified atom stereocenters.